The van der Waals surface area contributed by atoms with Gasteiger partial charge in [0.15, 0.2) is 0 Å². The highest BCUT2D eigenvalue weighted by molar-refractivity contribution is 5.73. The zero-order valence-electron chi connectivity index (χ0n) is 9.95. The van der Waals surface area contributed by atoms with E-state index in [1.54, 1.807) is 0 Å². The van der Waals surface area contributed by atoms with Crippen molar-refractivity contribution in [3.63, 3.8) is 0 Å². The molecule has 2 amide bonds. The summed E-state index contributed by atoms with van der Waals surface area (Å²) in [5, 5.41) is 13.3. The van der Waals surface area contributed by atoms with E-state index < -0.39 is 25.0 Å². The fraction of sp³-hybridized carbons (Fsp3) is 0.800. The highest BCUT2D eigenvalue weighted by Crippen LogP contribution is 1.93. The van der Waals surface area contributed by atoms with E-state index in [9.17, 15) is 18.4 Å². The molecule has 0 aliphatic carbocycles. The molecule has 0 saturated heterocycles. The molecule has 8 heteroatoms. The van der Waals surface area contributed by atoms with Crippen LogP contribution in [-0.2, 0) is 9.53 Å². The first-order valence-corrected chi connectivity index (χ1v) is 5.61. The largest absolute Gasteiger partial charge is 0.481 e. The third-order valence-corrected chi connectivity index (χ3v) is 1.88. The van der Waals surface area contributed by atoms with Crippen LogP contribution in [0.5, 0.6) is 0 Å². The Morgan fingerprint density at radius 2 is 1.83 bits per heavy atom. The lowest BCUT2D eigenvalue weighted by Gasteiger charge is -2.07. The summed E-state index contributed by atoms with van der Waals surface area (Å²) >= 11 is 0. The Hall–Kier alpha value is -1.44. The van der Waals surface area contributed by atoms with Crippen molar-refractivity contribution in [1.82, 2.24) is 10.6 Å². The molecule has 0 aliphatic rings. The van der Waals surface area contributed by atoms with Crippen LogP contribution >= 0.6 is 0 Å². The van der Waals surface area contributed by atoms with Gasteiger partial charge in [0.1, 0.15) is 6.61 Å². The number of carboxylic acids is 1. The Balaban J connectivity index is 3.25. The van der Waals surface area contributed by atoms with Crippen LogP contribution in [0.25, 0.3) is 0 Å². The molecule has 6 nitrogen and oxygen atoms in total. The molecule has 18 heavy (non-hydrogen) atoms. The highest BCUT2D eigenvalue weighted by Gasteiger charge is 2.02. The van der Waals surface area contributed by atoms with Gasteiger partial charge in [-0.15, -0.1) is 0 Å². The Morgan fingerprint density at radius 1 is 1.17 bits per heavy atom. The maximum absolute atomic E-state index is 11.7. The van der Waals surface area contributed by atoms with Crippen molar-refractivity contribution >= 4 is 12.0 Å². The zero-order chi connectivity index (χ0) is 13.8. The topological polar surface area (TPSA) is 87.7 Å². The zero-order valence-corrected chi connectivity index (χ0v) is 9.95. The highest BCUT2D eigenvalue weighted by atomic mass is 19.3. The minimum atomic E-state index is -2.51. The van der Waals surface area contributed by atoms with Crippen molar-refractivity contribution in [3.8, 4) is 0 Å². The van der Waals surface area contributed by atoms with Crippen molar-refractivity contribution < 1.29 is 28.2 Å². The molecule has 0 fully saturated rings. The molecule has 0 aromatic rings. The summed E-state index contributed by atoms with van der Waals surface area (Å²) in [5.74, 6) is -0.865. The van der Waals surface area contributed by atoms with Crippen LogP contribution < -0.4 is 10.6 Å². The van der Waals surface area contributed by atoms with Crippen LogP contribution in [0.2, 0.25) is 0 Å². The van der Waals surface area contributed by atoms with Crippen LogP contribution in [0.4, 0.5) is 13.6 Å². The van der Waals surface area contributed by atoms with Crippen LogP contribution in [-0.4, -0.2) is 49.8 Å². The number of nitrogens with one attached hydrogen (secondary N) is 2. The molecule has 3 N–H and O–H groups in total. The number of hydrogen-bond acceptors (Lipinski definition) is 3. The molecule has 0 aromatic carbocycles. The van der Waals surface area contributed by atoms with E-state index in [0.29, 0.717) is 19.4 Å². The van der Waals surface area contributed by atoms with E-state index in [2.05, 4.69) is 15.4 Å². The van der Waals surface area contributed by atoms with Crippen molar-refractivity contribution in [2.45, 2.75) is 25.7 Å². The number of ether oxygens (including phenoxy) is 1. The van der Waals surface area contributed by atoms with E-state index in [0.717, 1.165) is 0 Å². The molecule has 0 saturated carbocycles. The number of carbonyl (C=O) groups excluding carboxylic acids is 1. The Bertz CT molecular complexity index is 252. The number of alkyl halides is 2. The molecule has 0 bridgehead atoms. The lowest BCUT2D eigenvalue weighted by Crippen LogP contribution is -2.37. The summed E-state index contributed by atoms with van der Waals surface area (Å²) in [6.45, 7) is -0.0973. The first-order valence-electron chi connectivity index (χ1n) is 5.61. The summed E-state index contributed by atoms with van der Waals surface area (Å²) < 4.78 is 27.9. The van der Waals surface area contributed by atoms with Crippen LogP contribution in [0, 0.1) is 0 Å². The number of amides is 2. The minimum Gasteiger partial charge on any atom is -0.481 e. The normalized spacial score (nSPS) is 10.4. The Kier molecular flexibility index (Phi) is 9.84. The molecule has 106 valence electrons. The summed E-state index contributed by atoms with van der Waals surface area (Å²) in [7, 11) is 0. The van der Waals surface area contributed by atoms with Gasteiger partial charge in [-0.3, -0.25) is 4.79 Å². The second-order valence-corrected chi connectivity index (χ2v) is 3.50. The van der Waals surface area contributed by atoms with Gasteiger partial charge >= 0.3 is 12.0 Å². The van der Waals surface area contributed by atoms with E-state index in [1.807, 2.05) is 0 Å². The maximum atomic E-state index is 11.7. The molecular formula is C10H18F2N2O4. The van der Waals surface area contributed by atoms with E-state index in [1.165, 1.54) is 0 Å². The van der Waals surface area contributed by atoms with Crippen molar-refractivity contribution in [1.29, 1.82) is 0 Å². The minimum absolute atomic E-state index is 0.0246. The average Bonchev–Trinajstić information content (AvgIpc) is 2.27. The fourth-order valence-corrected chi connectivity index (χ4v) is 1.07. The number of hydrogen-bond donors (Lipinski definition) is 3. The monoisotopic (exact) mass is 268 g/mol. The first kappa shape index (κ1) is 16.6. The first-order chi connectivity index (χ1) is 8.52. The predicted octanol–water partition coefficient (Wildman–Crippen LogP) is 0.822. The summed E-state index contributed by atoms with van der Waals surface area (Å²) in [6, 6.07) is -0.425. The SMILES string of the molecule is O=C(O)CCCCNC(=O)NCCOCC(F)F. The van der Waals surface area contributed by atoms with Gasteiger partial charge in [-0.2, -0.15) is 0 Å². The van der Waals surface area contributed by atoms with Gasteiger partial charge in [0.25, 0.3) is 6.43 Å². The summed E-state index contributed by atoms with van der Waals surface area (Å²) in [5.41, 5.74) is 0. The number of carbonyl (C=O) groups is 2. The number of unbranched alkanes of at least 4 members (excludes halogenated alkanes) is 1. The molecule has 0 unspecified atom stereocenters. The molecule has 0 aliphatic heterocycles. The lowest BCUT2D eigenvalue weighted by atomic mass is 10.2. The molecule has 0 spiro atoms. The van der Waals surface area contributed by atoms with Gasteiger partial charge in [0, 0.05) is 19.5 Å². The standard InChI is InChI=1S/C10H18F2N2O4/c11-8(12)7-18-6-5-14-10(17)13-4-2-1-3-9(15)16/h8H,1-7H2,(H,15,16)(H2,13,14,17). The Morgan fingerprint density at radius 3 is 2.44 bits per heavy atom. The quantitative estimate of drug-likeness (QED) is 0.512. The smallest absolute Gasteiger partial charge is 0.314 e. The van der Waals surface area contributed by atoms with Gasteiger partial charge in [-0.05, 0) is 12.8 Å². The molecule has 0 aromatic heterocycles. The van der Waals surface area contributed by atoms with Gasteiger partial charge in [0.05, 0.1) is 6.61 Å². The van der Waals surface area contributed by atoms with Crippen molar-refractivity contribution in [2.75, 3.05) is 26.3 Å². The predicted molar refractivity (Wildman–Crippen MR) is 59.7 cm³/mol. The molecular weight excluding hydrogens is 250 g/mol. The molecule has 0 heterocycles. The van der Waals surface area contributed by atoms with E-state index >= 15 is 0 Å². The van der Waals surface area contributed by atoms with Gasteiger partial charge < -0.3 is 20.5 Å². The molecule has 0 radical (unpaired) electrons. The van der Waals surface area contributed by atoms with Gasteiger partial charge in [0.2, 0.25) is 0 Å². The second-order valence-electron chi connectivity index (χ2n) is 3.50. The van der Waals surface area contributed by atoms with E-state index in [4.69, 9.17) is 5.11 Å². The second kappa shape index (κ2) is 10.7. The van der Waals surface area contributed by atoms with Crippen LogP contribution in [0.1, 0.15) is 19.3 Å². The maximum Gasteiger partial charge on any atom is 0.314 e. The van der Waals surface area contributed by atoms with Crippen molar-refractivity contribution in [3.05, 3.63) is 0 Å². The molecule has 0 atom stereocenters. The number of rotatable bonds is 10. The van der Waals surface area contributed by atoms with Gasteiger partial charge in [-0.1, -0.05) is 0 Å². The lowest BCUT2D eigenvalue weighted by molar-refractivity contribution is -0.137. The number of aliphatic carboxylic acids is 1. The van der Waals surface area contributed by atoms with Crippen molar-refractivity contribution in [2.24, 2.45) is 0 Å². The average molecular weight is 268 g/mol. The molecule has 0 rings (SSSR count). The number of carboxylic acid groups (broad SMARTS) is 1. The van der Waals surface area contributed by atoms with Gasteiger partial charge in [-0.25, -0.2) is 13.6 Å². The Labute approximate surface area is 104 Å². The van der Waals surface area contributed by atoms with Crippen LogP contribution in [0.3, 0.4) is 0 Å². The summed E-state index contributed by atoms with van der Waals surface area (Å²) in [4.78, 5) is 21.3. The third kappa shape index (κ3) is 12.6. The van der Waals surface area contributed by atoms with Crippen LogP contribution in [0.15, 0.2) is 0 Å². The fourth-order valence-electron chi connectivity index (χ4n) is 1.07. The number of halogens is 2. The van der Waals surface area contributed by atoms with E-state index in [-0.39, 0.29) is 19.6 Å². The summed E-state index contributed by atoms with van der Waals surface area (Å²) in [6.07, 6.45) is -1.37. The number of urea groups is 1. The third-order valence-electron chi connectivity index (χ3n) is 1.88.